The molecule has 6 nitrogen and oxygen atoms in total. The molecule has 1 aromatic carbocycles. The lowest BCUT2D eigenvalue weighted by atomic mass is 9.77. The Bertz CT molecular complexity index is 999. The van der Waals surface area contributed by atoms with Gasteiger partial charge in [0.15, 0.2) is 17.3 Å². The van der Waals surface area contributed by atoms with Crippen LogP contribution < -0.4 is 15.0 Å². The molecule has 2 aromatic rings. The van der Waals surface area contributed by atoms with Gasteiger partial charge in [-0.15, -0.1) is 0 Å². The van der Waals surface area contributed by atoms with Gasteiger partial charge in [0.2, 0.25) is 0 Å². The van der Waals surface area contributed by atoms with Crippen molar-refractivity contribution >= 4 is 17.6 Å². The fraction of sp³-hybridized carbons (Fsp3) is 0.583. The molecule has 31 heavy (non-hydrogen) atoms. The number of benzene rings is 1. The highest BCUT2D eigenvalue weighted by atomic mass is 19.1. The van der Waals surface area contributed by atoms with E-state index >= 15 is 0 Å². The van der Waals surface area contributed by atoms with E-state index in [1.54, 1.807) is 12.1 Å². The lowest BCUT2D eigenvalue weighted by molar-refractivity contribution is 0.102. The van der Waals surface area contributed by atoms with Gasteiger partial charge in [0, 0.05) is 31.3 Å². The molecule has 4 aliphatic rings. The quantitative estimate of drug-likeness (QED) is 0.730. The van der Waals surface area contributed by atoms with Gasteiger partial charge in [-0.3, -0.25) is 4.79 Å². The van der Waals surface area contributed by atoms with Crippen molar-refractivity contribution in [3.8, 4) is 5.75 Å². The van der Waals surface area contributed by atoms with Gasteiger partial charge >= 0.3 is 0 Å². The molecule has 0 spiro atoms. The molecule has 1 saturated heterocycles. The minimum Gasteiger partial charge on any atom is -0.487 e. The number of hydrogen-bond donors (Lipinski definition) is 1. The second kappa shape index (κ2) is 7.24. The maximum absolute atomic E-state index is 14.6. The second-order valence-corrected chi connectivity index (χ2v) is 9.69. The van der Waals surface area contributed by atoms with E-state index in [4.69, 9.17) is 9.15 Å². The molecule has 7 heteroatoms. The summed E-state index contributed by atoms with van der Waals surface area (Å²) in [6.45, 7) is 3.84. The van der Waals surface area contributed by atoms with Crippen LogP contribution in [0.1, 0.15) is 55.3 Å². The van der Waals surface area contributed by atoms with Crippen LogP contribution >= 0.6 is 0 Å². The van der Waals surface area contributed by atoms with Gasteiger partial charge in [-0.1, -0.05) is 6.92 Å². The zero-order valence-electron chi connectivity index (χ0n) is 17.8. The molecule has 1 N–H and O–H groups in total. The summed E-state index contributed by atoms with van der Waals surface area (Å²) >= 11 is 0. The Morgan fingerprint density at radius 2 is 1.94 bits per heavy atom. The number of aryl methyl sites for hydroxylation is 1. The van der Waals surface area contributed by atoms with Gasteiger partial charge < -0.3 is 19.4 Å². The number of rotatable bonds is 6. The van der Waals surface area contributed by atoms with Gasteiger partial charge in [-0.2, -0.15) is 4.98 Å². The Labute approximate surface area is 181 Å². The Hall–Kier alpha value is -2.57. The number of aromatic nitrogens is 1. The highest BCUT2D eigenvalue weighted by Crippen LogP contribution is 2.52. The van der Waals surface area contributed by atoms with Gasteiger partial charge in [0.25, 0.3) is 11.9 Å². The van der Waals surface area contributed by atoms with Crippen molar-refractivity contribution in [3.63, 3.8) is 0 Å². The Kier molecular flexibility index (Phi) is 4.47. The standard InChI is InChI=1S/C24H28FN3O3/c1-2-20-22(27-24(31-20)28-11-13-3-4-14(13)12-28)23(29)26-17-5-6-21(19(25)10-17)30-18-8-15-7-16(15)9-18/h5-6,10,13-16,18H,2-4,7-9,11-12H2,1H3,(H,26,29). The maximum Gasteiger partial charge on any atom is 0.298 e. The molecule has 1 amide bonds. The molecule has 0 radical (unpaired) electrons. The average Bonchev–Trinajstić information content (AvgIpc) is 3.06. The van der Waals surface area contributed by atoms with Gasteiger partial charge in [-0.25, -0.2) is 4.39 Å². The summed E-state index contributed by atoms with van der Waals surface area (Å²) in [5, 5.41) is 2.77. The number of amides is 1. The number of nitrogens with one attached hydrogen (secondary N) is 1. The first-order chi connectivity index (χ1) is 15.1. The summed E-state index contributed by atoms with van der Waals surface area (Å²) in [6.07, 6.45) is 6.56. The van der Waals surface area contributed by atoms with Crippen LogP contribution in [0.2, 0.25) is 0 Å². The van der Waals surface area contributed by atoms with Crippen LogP contribution in [-0.4, -0.2) is 30.1 Å². The molecule has 4 fully saturated rings. The predicted octanol–water partition coefficient (Wildman–Crippen LogP) is 4.65. The van der Waals surface area contributed by atoms with Crippen LogP contribution in [0, 0.1) is 29.5 Å². The molecular formula is C24H28FN3O3. The number of fused-ring (bicyclic) bond motifs is 2. The number of carbonyl (C=O) groups excluding carboxylic acids is 1. The molecule has 164 valence electrons. The van der Waals surface area contributed by atoms with Gasteiger partial charge in [-0.05, 0) is 67.9 Å². The zero-order valence-corrected chi connectivity index (χ0v) is 17.8. The molecule has 1 aromatic heterocycles. The molecular weight excluding hydrogens is 397 g/mol. The van der Waals surface area contributed by atoms with E-state index in [-0.39, 0.29) is 23.5 Å². The first kappa shape index (κ1) is 19.1. The fourth-order valence-electron chi connectivity index (χ4n) is 5.61. The average molecular weight is 426 g/mol. The topological polar surface area (TPSA) is 67.6 Å². The zero-order chi connectivity index (χ0) is 21.1. The van der Waals surface area contributed by atoms with Gasteiger partial charge in [0.05, 0.1) is 6.10 Å². The van der Waals surface area contributed by atoms with Crippen LogP contribution in [-0.2, 0) is 6.42 Å². The van der Waals surface area contributed by atoms with Crippen molar-refractivity contribution < 1.29 is 18.3 Å². The number of halogens is 1. The van der Waals surface area contributed by atoms with Crippen molar-refractivity contribution in [1.82, 2.24) is 4.98 Å². The van der Waals surface area contributed by atoms with Crippen LogP contribution in [0.3, 0.4) is 0 Å². The van der Waals surface area contributed by atoms with Crippen molar-refractivity contribution in [1.29, 1.82) is 0 Å². The molecule has 2 heterocycles. The largest absolute Gasteiger partial charge is 0.487 e. The summed E-state index contributed by atoms with van der Waals surface area (Å²) in [6, 6.07) is 5.12. The number of oxazole rings is 1. The number of carbonyl (C=O) groups is 1. The third-order valence-corrected chi connectivity index (χ3v) is 7.66. The highest BCUT2D eigenvalue weighted by Gasteiger charge is 2.47. The van der Waals surface area contributed by atoms with E-state index in [2.05, 4.69) is 15.2 Å². The van der Waals surface area contributed by atoms with E-state index in [1.807, 2.05) is 6.92 Å². The molecule has 4 unspecified atom stereocenters. The summed E-state index contributed by atoms with van der Waals surface area (Å²) in [7, 11) is 0. The first-order valence-corrected chi connectivity index (χ1v) is 11.6. The lowest BCUT2D eigenvalue weighted by Crippen LogP contribution is -2.22. The normalized spacial score (nSPS) is 30.5. The lowest BCUT2D eigenvalue weighted by Gasteiger charge is -2.27. The van der Waals surface area contributed by atoms with E-state index in [0.29, 0.717) is 23.9 Å². The van der Waals surface area contributed by atoms with Crippen molar-refractivity contribution in [2.24, 2.45) is 23.7 Å². The van der Waals surface area contributed by atoms with E-state index in [1.165, 1.54) is 25.3 Å². The second-order valence-electron chi connectivity index (χ2n) is 9.69. The molecule has 4 atom stereocenters. The Morgan fingerprint density at radius 3 is 2.58 bits per heavy atom. The summed E-state index contributed by atoms with van der Waals surface area (Å²) in [5.74, 6) is 3.00. The predicted molar refractivity (Wildman–Crippen MR) is 114 cm³/mol. The van der Waals surface area contributed by atoms with Crippen molar-refractivity contribution in [3.05, 3.63) is 35.5 Å². The minimum absolute atomic E-state index is 0.111. The first-order valence-electron chi connectivity index (χ1n) is 11.6. The molecule has 0 bridgehead atoms. The summed E-state index contributed by atoms with van der Waals surface area (Å²) in [5.41, 5.74) is 0.664. The SMILES string of the molecule is CCc1oc(N2CC3CCC3C2)nc1C(=O)Nc1ccc(OC2CC3CC3C2)c(F)c1. The third kappa shape index (κ3) is 3.48. The molecule has 6 rings (SSSR count). The van der Waals surface area contributed by atoms with Gasteiger partial charge in [0.1, 0.15) is 5.76 Å². The summed E-state index contributed by atoms with van der Waals surface area (Å²) in [4.78, 5) is 19.5. The Balaban J connectivity index is 1.14. The van der Waals surface area contributed by atoms with E-state index in [0.717, 1.165) is 49.6 Å². The minimum atomic E-state index is -0.456. The molecule has 3 aliphatic carbocycles. The Morgan fingerprint density at radius 1 is 1.19 bits per heavy atom. The number of nitrogens with zero attached hydrogens (tertiary/aromatic N) is 2. The monoisotopic (exact) mass is 425 g/mol. The summed E-state index contributed by atoms with van der Waals surface area (Å²) < 4.78 is 26.4. The maximum atomic E-state index is 14.6. The number of ether oxygens (including phenoxy) is 1. The number of anilines is 2. The molecule has 1 aliphatic heterocycles. The van der Waals surface area contributed by atoms with E-state index in [9.17, 15) is 9.18 Å². The van der Waals surface area contributed by atoms with E-state index < -0.39 is 5.82 Å². The fourth-order valence-corrected chi connectivity index (χ4v) is 5.61. The molecule has 3 saturated carbocycles. The van der Waals surface area contributed by atoms with Crippen LogP contribution in [0.5, 0.6) is 5.75 Å². The highest BCUT2D eigenvalue weighted by molar-refractivity contribution is 6.03. The van der Waals surface area contributed by atoms with Crippen molar-refractivity contribution in [2.45, 2.75) is 51.6 Å². The third-order valence-electron chi connectivity index (χ3n) is 7.66. The van der Waals surface area contributed by atoms with Crippen molar-refractivity contribution in [2.75, 3.05) is 23.3 Å². The van der Waals surface area contributed by atoms with Crippen LogP contribution in [0.15, 0.2) is 22.6 Å². The van der Waals surface area contributed by atoms with Crippen LogP contribution in [0.4, 0.5) is 16.1 Å². The van der Waals surface area contributed by atoms with Crippen LogP contribution in [0.25, 0.3) is 0 Å². The number of hydrogen-bond acceptors (Lipinski definition) is 5. The smallest absolute Gasteiger partial charge is 0.298 e.